The van der Waals surface area contributed by atoms with Crippen LogP contribution in [0.15, 0.2) is 18.3 Å². The Bertz CT molecular complexity index is 547. The van der Waals surface area contributed by atoms with Gasteiger partial charge in [0.1, 0.15) is 0 Å². The second kappa shape index (κ2) is 6.88. The Kier molecular flexibility index (Phi) is 6.11. The monoisotopic (exact) mass is 353 g/mol. The van der Waals surface area contributed by atoms with Crippen LogP contribution in [-0.2, 0) is 14.7 Å². The Hall–Kier alpha value is -0.728. The van der Waals surface area contributed by atoms with E-state index < -0.39 is 32.2 Å². The number of pyridine rings is 1. The van der Waals surface area contributed by atoms with Gasteiger partial charge in [0.05, 0.1) is 22.5 Å². The molecule has 0 saturated carbocycles. The molecule has 1 aromatic heterocycles. The summed E-state index contributed by atoms with van der Waals surface area (Å²) in [5.74, 6) is 0. The fraction of sp³-hybridized carbons (Fsp3) is 0.706. The minimum absolute atomic E-state index is 0.485. The molecular formula is C17H32BNO4Si. The molecule has 24 heavy (non-hydrogen) atoms. The highest BCUT2D eigenvalue weighted by Crippen LogP contribution is 2.27. The van der Waals surface area contributed by atoms with Gasteiger partial charge in [-0.15, -0.1) is 0 Å². The molecule has 0 fully saturated rings. The van der Waals surface area contributed by atoms with Gasteiger partial charge in [-0.25, -0.2) is 0 Å². The molecule has 1 heterocycles. The summed E-state index contributed by atoms with van der Waals surface area (Å²) in [4.78, 5) is 4.44. The van der Waals surface area contributed by atoms with Gasteiger partial charge >= 0.3 is 7.12 Å². The first kappa shape index (κ1) is 21.3. The second-order valence-corrected chi connectivity index (χ2v) is 13.2. The molecule has 0 radical (unpaired) electrons. The van der Waals surface area contributed by atoms with Crippen molar-refractivity contribution in [2.75, 3.05) is 0 Å². The maximum atomic E-state index is 10.3. The van der Waals surface area contributed by atoms with Crippen molar-refractivity contribution in [2.24, 2.45) is 0 Å². The van der Waals surface area contributed by atoms with Gasteiger partial charge in [0.15, 0.2) is 8.32 Å². The van der Waals surface area contributed by atoms with Gasteiger partial charge in [-0.1, -0.05) is 6.07 Å². The van der Waals surface area contributed by atoms with E-state index in [0.717, 1.165) is 5.69 Å². The predicted molar refractivity (Wildman–Crippen MR) is 101 cm³/mol. The van der Waals surface area contributed by atoms with Gasteiger partial charge in [-0.3, -0.25) is 4.98 Å². The maximum absolute atomic E-state index is 10.3. The highest BCUT2D eigenvalue weighted by Gasteiger charge is 2.39. The zero-order chi connectivity index (χ0) is 19.0. The molecule has 0 aliphatic heterocycles. The van der Waals surface area contributed by atoms with Crippen LogP contribution < -0.4 is 5.46 Å². The normalized spacial score (nSPS) is 14.0. The lowest BCUT2D eigenvalue weighted by Gasteiger charge is -2.38. The fourth-order valence-electron chi connectivity index (χ4n) is 2.22. The average molecular weight is 353 g/mol. The zero-order valence-corrected chi connectivity index (χ0v) is 17.5. The highest BCUT2D eigenvalue weighted by atomic mass is 28.4. The minimum atomic E-state index is -1.71. The lowest BCUT2D eigenvalue weighted by Crippen LogP contribution is -2.53. The van der Waals surface area contributed by atoms with Crippen molar-refractivity contribution in [1.29, 1.82) is 0 Å². The van der Waals surface area contributed by atoms with Crippen molar-refractivity contribution >= 4 is 20.9 Å². The van der Waals surface area contributed by atoms with Gasteiger partial charge < -0.3 is 19.2 Å². The van der Waals surface area contributed by atoms with Crippen molar-refractivity contribution in [3.8, 4) is 0 Å². The number of hydrogen-bond donors (Lipinski definition) is 2. The summed E-state index contributed by atoms with van der Waals surface area (Å²) in [5.41, 5.74) is -1.14. The van der Waals surface area contributed by atoms with Crippen LogP contribution in [0.25, 0.3) is 0 Å². The Labute approximate surface area is 147 Å². The third-order valence-electron chi connectivity index (χ3n) is 4.13. The van der Waals surface area contributed by atoms with Crippen LogP contribution in [0.5, 0.6) is 0 Å². The third-order valence-corrected chi connectivity index (χ3v) is 5.25. The Morgan fingerprint density at radius 3 is 1.96 bits per heavy atom. The molecule has 0 saturated heterocycles. The summed E-state index contributed by atoms with van der Waals surface area (Å²) >= 11 is 0. The molecule has 2 N–H and O–H groups in total. The number of hydrogen-bond acceptors (Lipinski definition) is 5. The Morgan fingerprint density at radius 2 is 1.58 bits per heavy atom. The molecule has 0 amide bonds. The summed E-state index contributed by atoms with van der Waals surface area (Å²) in [5, 5.41) is 20.4. The van der Waals surface area contributed by atoms with Crippen LogP contribution in [0.3, 0.4) is 0 Å². The molecule has 0 aliphatic rings. The molecule has 7 heteroatoms. The van der Waals surface area contributed by atoms with Crippen molar-refractivity contribution in [3.05, 3.63) is 24.0 Å². The quantitative estimate of drug-likeness (QED) is 0.737. The zero-order valence-electron chi connectivity index (χ0n) is 16.5. The molecule has 0 spiro atoms. The van der Waals surface area contributed by atoms with Crippen LogP contribution in [0.4, 0.5) is 0 Å². The van der Waals surface area contributed by atoms with E-state index in [0.29, 0.717) is 5.46 Å². The highest BCUT2D eigenvalue weighted by molar-refractivity contribution is 6.69. The van der Waals surface area contributed by atoms with Gasteiger partial charge in [0.2, 0.25) is 0 Å². The predicted octanol–water partition coefficient (Wildman–Crippen LogP) is 2.42. The third kappa shape index (κ3) is 5.67. The number of nitrogens with zero attached hydrogens (tertiary/aromatic N) is 1. The first-order valence-corrected chi connectivity index (χ1v) is 11.7. The number of rotatable bonds is 7. The SMILES string of the molecule is CC(C)(O[Si](C)(C)C)c1ccc(B(O)OC(C)(C)C(C)(C)O)cn1. The Balaban J connectivity index is 2.91. The minimum Gasteiger partial charge on any atom is -0.423 e. The van der Waals surface area contributed by atoms with E-state index in [2.05, 4.69) is 24.6 Å². The number of aliphatic hydroxyl groups is 1. The van der Waals surface area contributed by atoms with Crippen LogP contribution in [0, 0.1) is 0 Å². The topological polar surface area (TPSA) is 71.8 Å². The average Bonchev–Trinajstić information content (AvgIpc) is 2.34. The smallest absolute Gasteiger partial charge is 0.423 e. The summed E-state index contributed by atoms with van der Waals surface area (Å²) in [6.07, 6.45) is 1.59. The molecule has 1 aromatic rings. The van der Waals surface area contributed by atoms with Crippen molar-refractivity contribution in [2.45, 2.75) is 78.0 Å². The van der Waals surface area contributed by atoms with Crippen LogP contribution in [-0.4, -0.2) is 41.8 Å². The molecule has 0 bridgehead atoms. The Morgan fingerprint density at radius 1 is 1.04 bits per heavy atom. The summed E-state index contributed by atoms with van der Waals surface area (Å²) < 4.78 is 11.8. The molecule has 1 rings (SSSR count). The first-order valence-electron chi connectivity index (χ1n) is 8.30. The summed E-state index contributed by atoms with van der Waals surface area (Å²) in [6, 6.07) is 3.63. The van der Waals surface area contributed by atoms with Gasteiger partial charge in [0, 0.05) is 11.7 Å². The van der Waals surface area contributed by atoms with E-state index in [1.807, 2.05) is 19.9 Å². The van der Waals surface area contributed by atoms with E-state index in [4.69, 9.17) is 9.08 Å². The molecule has 0 aliphatic carbocycles. The molecule has 5 nitrogen and oxygen atoms in total. The van der Waals surface area contributed by atoms with Crippen molar-refractivity contribution in [1.82, 2.24) is 4.98 Å². The standard InChI is InChI=1S/C17H32BNO4Si/c1-15(2,23-24(7,8)9)14-11-10-13(12-19-14)18(21)22-17(5,6)16(3,4)20/h10-12,20-21H,1-9H3. The maximum Gasteiger partial charge on any atom is 0.493 e. The summed E-state index contributed by atoms with van der Waals surface area (Å²) in [6.45, 7) is 17.2. The van der Waals surface area contributed by atoms with Gasteiger partial charge in [-0.05, 0) is 67.2 Å². The van der Waals surface area contributed by atoms with Gasteiger partial charge in [0.25, 0.3) is 0 Å². The van der Waals surface area contributed by atoms with E-state index in [1.54, 1.807) is 40.0 Å². The van der Waals surface area contributed by atoms with E-state index in [1.165, 1.54) is 0 Å². The van der Waals surface area contributed by atoms with Crippen LogP contribution >= 0.6 is 0 Å². The molecule has 0 aromatic carbocycles. The van der Waals surface area contributed by atoms with E-state index in [-0.39, 0.29) is 0 Å². The molecular weight excluding hydrogens is 321 g/mol. The van der Waals surface area contributed by atoms with E-state index >= 15 is 0 Å². The molecule has 136 valence electrons. The van der Waals surface area contributed by atoms with Gasteiger partial charge in [-0.2, -0.15) is 0 Å². The number of aromatic nitrogens is 1. The van der Waals surface area contributed by atoms with Crippen molar-refractivity contribution in [3.63, 3.8) is 0 Å². The largest absolute Gasteiger partial charge is 0.493 e. The van der Waals surface area contributed by atoms with Crippen LogP contribution in [0.2, 0.25) is 19.6 Å². The summed E-state index contributed by atoms with van der Waals surface area (Å²) in [7, 11) is -2.86. The lowest BCUT2D eigenvalue weighted by atomic mass is 9.77. The first-order chi connectivity index (χ1) is 10.6. The molecule has 0 unspecified atom stereocenters. The van der Waals surface area contributed by atoms with Crippen LogP contribution in [0.1, 0.15) is 47.2 Å². The van der Waals surface area contributed by atoms with Crippen molar-refractivity contribution < 1.29 is 19.2 Å². The fourth-order valence-corrected chi connectivity index (χ4v) is 3.85. The second-order valence-electron chi connectivity index (χ2n) is 8.74. The van der Waals surface area contributed by atoms with E-state index in [9.17, 15) is 10.1 Å². The lowest BCUT2D eigenvalue weighted by molar-refractivity contribution is -0.0982. The molecule has 0 atom stereocenters.